The lowest BCUT2D eigenvalue weighted by atomic mass is 10.2. The SMILES string of the molecule is COc1ccc(OC)c2c1sc(=NC(=O)c1ccc([N+](=O)[O-])cc1)n2C. The Labute approximate surface area is 152 Å². The van der Waals surface area contributed by atoms with Crippen LogP contribution in [0.25, 0.3) is 10.2 Å². The fraction of sp³-hybridized carbons (Fsp3) is 0.176. The molecule has 0 aliphatic carbocycles. The lowest BCUT2D eigenvalue weighted by Crippen LogP contribution is -2.13. The van der Waals surface area contributed by atoms with E-state index in [2.05, 4.69) is 4.99 Å². The Morgan fingerprint density at radius 2 is 1.73 bits per heavy atom. The van der Waals surface area contributed by atoms with Crippen LogP contribution in [0.4, 0.5) is 5.69 Å². The lowest BCUT2D eigenvalue weighted by Gasteiger charge is -2.06. The summed E-state index contributed by atoms with van der Waals surface area (Å²) >= 11 is 1.30. The molecule has 9 heteroatoms. The molecule has 134 valence electrons. The number of thiazole rings is 1. The van der Waals surface area contributed by atoms with E-state index < -0.39 is 10.8 Å². The van der Waals surface area contributed by atoms with Gasteiger partial charge in [-0.2, -0.15) is 4.99 Å². The number of carbonyl (C=O) groups excluding carboxylic acids is 1. The van der Waals surface area contributed by atoms with E-state index in [1.54, 1.807) is 38.0 Å². The molecule has 0 atom stereocenters. The van der Waals surface area contributed by atoms with E-state index in [-0.39, 0.29) is 11.3 Å². The van der Waals surface area contributed by atoms with Gasteiger partial charge < -0.3 is 14.0 Å². The number of aryl methyl sites for hydroxylation is 1. The third-order valence-corrected chi connectivity index (χ3v) is 4.98. The Balaban J connectivity index is 2.11. The molecular formula is C17H15N3O5S. The van der Waals surface area contributed by atoms with Crippen LogP contribution in [0.1, 0.15) is 10.4 Å². The second-order valence-electron chi connectivity index (χ2n) is 5.31. The first-order valence-electron chi connectivity index (χ1n) is 7.50. The van der Waals surface area contributed by atoms with Crippen LogP contribution in [-0.4, -0.2) is 29.6 Å². The van der Waals surface area contributed by atoms with Gasteiger partial charge in [-0.15, -0.1) is 0 Å². The number of methoxy groups -OCH3 is 2. The van der Waals surface area contributed by atoms with Crippen LogP contribution < -0.4 is 14.3 Å². The summed E-state index contributed by atoms with van der Waals surface area (Å²) < 4.78 is 13.3. The molecule has 0 radical (unpaired) electrons. The predicted molar refractivity (Wildman–Crippen MR) is 96.9 cm³/mol. The molecule has 0 aliphatic heterocycles. The average molecular weight is 373 g/mol. The number of aromatic nitrogens is 1. The molecule has 26 heavy (non-hydrogen) atoms. The highest BCUT2D eigenvalue weighted by molar-refractivity contribution is 7.16. The lowest BCUT2D eigenvalue weighted by molar-refractivity contribution is -0.384. The van der Waals surface area contributed by atoms with E-state index in [9.17, 15) is 14.9 Å². The van der Waals surface area contributed by atoms with Crippen LogP contribution in [0.5, 0.6) is 11.5 Å². The number of amides is 1. The third kappa shape index (κ3) is 3.04. The number of hydrogen-bond donors (Lipinski definition) is 0. The van der Waals surface area contributed by atoms with Gasteiger partial charge in [-0.3, -0.25) is 14.9 Å². The highest BCUT2D eigenvalue weighted by atomic mass is 32.1. The Bertz CT molecular complexity index is 1070. The van der Waals surface area contributed by atoms with Gasteiger partial charge in [0.25, 0.3) is 11.6 Å². The van der Waals surface area contributed by atoms with Gasteiger partial charge in [0.2, 0.25) is 0 Å². The normalized spacial score (nSPS) is 11.6. The number of hydrogen-bond acceptors (Lipinski definition) is 6. The molecule has 0 aliphatic rings. The van der Waals surface area contributed by atoms with Crippen molar-refractivity contribution in [3.8, 4) is 11.5 Å². The van der Waals surface area contributed by atoms with E-state index in [0.29, 0.717) is 16.3 Å². The Morgan fingerprint density at radius 3 is 2.31 bits per heavy atom. The van der Waals surface area contributed by atoms with E-state index in [1.807, 2.05) is 0 Å². The summed E-state index contributed by atoms with van der Waals surface area (Å²) in [6, 6.07) is 8.91. The molecule has 2 aromatic carbocycles. The Morgan fingerprint density at radius 1 is 1.12 bits per heavy atom. The summed E-state index contributed by atoms with van der Waals surface area (Å²) in [5.41, 5.74) is 0.961. The number of carbonyl (C=O) groups is 1. The third-order valence-electron chi connectivity index (χ3n) is 3.84. The number of nitrogens with zero attached hydrogens (tertiary/aromatic N) is 3. The first kappa shape index (κ1) is 17.6. The fourth-order valence-electron chi connectivity index (χ4n) is 2.51. The van der Waals surface area contributed by atoms with Crippen molar-refractivity contribution in [1.29, 1.82) is 0 Å². The number of ether oxygens (including phenoxy) is 2. The van der Waals surface area contributed by atoms with E-state index in [0.717, 1.165) is 10.2 Å². The molecule has 1 amide bonds. The van der Waals surface area contributed by atoms with Gasteiger partial charge in [-0.1, -0.05) is 11.3 Å². The maximum atomic E-state index is 12.4. The molecule has 1 heterocycles. The highest BCUT2D eigenvalue weighted by Gasteiger charge is 2.15. The molecule has 0 saturated heterocycles. The van der Waals surface area contributed by atoms with E-state index in [4.69, 9.17) is 9.47 Å². The van der Waals surface area contributed by atoms with Gasteiger partial charge in [-0.25, -0.2) is 0 Å². The zero-order valence-electron chi connectivity index (χ0n) is 14.3. The predicted octanol–water partition coefficient (Wildman–Crippen LogP) is 2.91. The second-order valence-corrected chi connectivity index (χ2v) is 6.29. The summed E-state index contributed by atoms with van der Waals surface area (Å²) in [6.45, 7) is 0. The van der Waals surface area contributed by atoms with Crippen molar-refractivity contribution in [1.82, 2.24) is 4.57 Å². The molecule has 0 unspecified atom stereocenters. The number of benzene rings is 2. The fourth-order valence-corrected chi connectivity index (χ4v) is 3.63. The van der Waals surface area contributed by atoms with Gasteiger partial charge >= 0.3 is 0 Å². The molecule has 3 rings (SSSR count). The summed E-state index contributed by atoms with van der Waals surface area (Å²) in [7, 11) is 4.92. The summed E-state index contributed by atoms with van der Waals surface area (Å²) in [5, 5.41) is 10.7. The van der Waals surface area contributed by atoms with Crippen molar-refractivity contribution in [2.24, 2.45) is 12.0 Å². The molecule has 0 N–H and O–H groups in total. The number of nitro groups is 1. The quantitative estimate of drug-likeness (QED) is 0.517. The van der Waals surface area contributed by atoms with Gasteiger partial charge in [0.05, 0.1) is 19.1 Å². The van der Waals surface area contributed by atoms with Crippen LogP contribution >= 0.6 is 11.3 Å². The minimum absolute atomic E-state index is 0.0801. The second kappa shape index (κ2) is 6.96. The van der Waals surface area contributed by atoms with Crippen molar-refractivity contribution >= 4 is 33.1 Å². The number of fused-ring (bicyclic) bond motifs is 1. The zero-order valence-corrected chi connectivity index (χ0v) is 15.1. The highest BCUT2D eigenvalue weighted by Crippen LogP contribution is 2.34. The molecule has 0 fully saturated rings. The van der Waals surface area contributed by atoms with Gasteiger partial charge in [0.15, 0.2) is 4.80 Å². The molecule has 0 spiro atoms. The van der Waals surface area contributed by atoms with Crippen LogP contribution in [0.3, 0.4) is 0 Å². The van der Waals surface area contributed by atoms with Crippen LogP contribution in [0.2, 0.25) is 0 Å². The summed E-state index contributed by atoms with van der Waals surface area (Å²) in [6.07, 6.45) is 0. The van der Waals surface area contributed by atoms with Crippen molar-refractivity contribution in [2.45, 2.75) is 0 Å². The smallest absolute Gasteiger partial charge is 0.279 e. The molecule has 1 aromatic heterocycles. The minimum Gasteiger partial charge on any atom is -0.495 e. The molecule has 0 saturated carbocycles. The van der Waals surface area contributed by atoms with Crippen molar-refractivity contribution in [3.63, 3.8) is 0 Å². The number of non-ortho nitro benzene ring substituents is 1. The average Bonchev–Trinajstić information content (AvgIpc) is 2.97. The Hall–Kier alpha value is -3.20. The van der Waals surface area contributed by atoms with Gasteiger partial charge in [0.1, 0.15) is 21.7 Å². The molecule has 8 nitrogen and oxygen atoms in total. The molecule has 0 bridgehead atoms. The standard InChI is InChI=1S/C17H15N3O5S/c1-19-14-12(24-2)8-9-13(25-3)15(14)26-17(19)18-16(21)10-4-6-11(7-5-10)20(22)23/h4-9H,1-3H3. The van der Waals surface area contributed by atoms with Crippen LogP contribution in [0, 0.1) is 10.1 Å². The molecule has 3 aromatic rings. The monoisotopic (exact) mass is 373 g/mol. The molecular weight excluding hydrogens is 358 g/mol. The minimum atomic E-state index is -0.518. The van der Waals surface area contributed by atoms with Gasteiger partial charge in [-0.05, 0) is 24.3 Å². The first-order valence-corrected chi connectivity index (χ1v) is 8.32. The summed E-state index contributed by atoms with van der Waals surface area (Å²) in [5.74, 6) is 0.814. The number of nitro benzene ring substituents is 1. The van der Waals surface area contributed by atoms with Crippen LogP contribution in [-0.2, 0) is 7.05 Å². The zero-order chi connectivity index (χ0) is 18.8. The summed E-state index contributed by atoms with van der Waals surface area (Å²) in [4.78, 5) is 27.2. The number of rotatable bonds is 4. The van der Waals surface area contributed by atoms with Crippen LogP contribution in [0.15, 0.2) is 41.4 Å². The van der Waals surface area contributed by atoms with Crippen molar-refractivity contribution in [3.05, 3.63) is 56.9 Å². The van der Waals surface area contributed by atoms with Crippen molar-refractivity contribution < 1.29 is 19.2 Å². The van der Waals surface area contributed by atoms with Gasteiger partial charge in [0, 0.05) is 24.7 Å². The maximum Gasteiger partial charge on any atom is 0.279 e. The van der Waals surface area contributed by atoms with E-state index >= 15 is 0 Å². The maximum absolute atomic E-state index is 12.4. The van der Waals surface area contributed by atoms with E-state index in [1.165, 1.54) is 35.6 Å². The Kier molecular flexibility index (Phi) is 4.72. The topological polar surface area (TPSA) is 96.0 Å². The van der Waals surface area contributed by atoms with Crippen molar-refractivity contribution in [2.75, 3.05) is 14.2 Å². The largest absolute Gasteiger partial charge is 0.495 e. The first-order chi connectivity index (χ1) is 12.5.